The zero-order valence-corrected chi connectivity index (χ0v) is 16.9. The molecule has 2 heterocycles. The number of nitrogens with one attached hydrogen (secondary N) is 1. The summed E-state index contributed by atoms with van der Waals surface area (Å²) >= 11 is 5.90. The molecule has 1 aliphatic carbocycles. The number of hydrogen-bond acceptors (Lipinski definition) is 4. The maximum absolute atomic E-state index is 14.1. The zero-order valence-electron chi connectivity index (χ0n) is 16.1. The van der Waals surface area contributed by atoms with Crippen molar-refractivity contribution in [3.05, 3.63) is 52.5 Å². The van der Waals surface area contributed by atoms with Crippen LogP contribution in [0.1, 0.15) is 69.2 Å². The van der Waals surface area contributed by atoms with Crippen LogP contribution in [0.15, 0.2) is 28.8 Å². The predicted molar refractivity (Wildman–Crippen MR) is 104 cm³/mol. The molecule has 2 aliphatic rings. The SMILES string of the molecule is CC(C)(C)N1CCC(NCc2cnc(C3CC3)o2)C1c1ccc(Cl)c(F)c1. The highest BCUT2D eigenvalue weighted by Gasteiger charge is 2.40. The minimum Gasteiger partial charge on any atom is -0.444 e. The van der Waals surface area contributed by atoms with E-state index in [-0.39, 0.29) is 28.5 Å². The number of benzene rings is 1. The molecule has 1 N–H and O–H groups in total. The second kappa shape index (κ2) is 7.19. The van der Waals surface area contributed by atoms with Gasteiger partial charge in [0, 0.05) is 24.0 Å². The van der Waals surface area contributed by atoms with Crippen LogP contribution in [-0.2, 0) is 6.54 Å². The largest absolute Gasteiger partial charge is 0.444 e. The summed E-state index contributed by atoms with van der Waals surface area (Å²) in [5, 5.41) is 3.79. The lowest BCUT2D eigenvalue weighted by atomic mass is 9.96. The van der Waals surface area contributed by atoms with Crippen LogP contribution in [0.25, 0.3) is 0 Å². The first kappa shape index (κ1) is 18.9. The molecule has 27 heavy (non-hydrogen) atoms. The van der Waals surface area contributed by atoms with Crippen molar-refractivity contribution in [3.8, 4) is 0 Å². The predicted octanol–water partition coefficient (Wildman–Crippen LogP) is 5.05. The fourth-order valence-electron chi connectivity index (χ4n) is 4.02. The molecule has 1 aromatic carbocycles. The van der Waals surface area contributed by atoms with Crippen LogP contribution < -0.4 is 5.32 Å². The topological polar surface area (TPSA) is 41.3 Å². The quantitative estimate of drug-likeness (QED) is 0.774. The summed E-state index contributed by atoms with van der Waals surface area (Å²) in [6, 6.07) is 5.46. The Balaban J connectivity index is 1.53. The molecule has 146 valence electrons. The Labute approximate surface area is 165 Å². The highest BCUT2D eigenvalue weighted by Crippen LogP contribution is 2.40. The van der Waals surface area contributed by atoms with E-state index in [4.69, 9.17) is 16.0 Å². The lowest BCUT2D eigenvalue weighted by Crippen LogP contribution is -2.44. The molecule has 6 heteroatoms. The second-order valence-corrected chi connectivity index (χ2v) is 9.10. The molecule has 1 saturated carbocycles. The van der Waals surface area contributed by atoms with Crippen molar-refractivity contribution in [2.75, 3.05) is 6.54 Å². The fraction of sp³-hybridized carbons (Fsp3) is 0.571. The van der Waals surface area contributed by atoms with Crippen molar-refractivity contribution >= 4 is 11.6 Å². The van der Waals surface area contributed by atoms with Crippen molar-refractivity contribution < 1.29 is 8.81 Å². The Morgan fingerprint density at radius 2 is 2.07 bits per heavy atom. The van der Waals surface area contributed by atoms with Crippen LogP contribution in [0.2, 0.25) is 5.02 Å². The zero-order chi connectivity index (χ0) is 19.2. The van der Waals surface area contributed by atoms with Crippen molar-refractivity contribution in [2.24, 2.45) is 0 Å². The third-order valence-electron chi connectivity index (χ3n) is 5.58. The van der Waals surface area contributed by atoms with Crippen molar-refractivity contribution in [2.45, 2.75) is 70.1 Å². The Hall–Kier alpha value is -1.43. The first-order valence-corrected chi connectivity index (χ1v) is 10.1. The number of hydrogen-bond donors (Lipinski definition) is 1. The highest BCUT2D eigenvalue weighted by atomic mass is 35.5. The van der Waals surface area contributed by atoms with E-state index in [1.165, 1.54) is 12.8 Å². The average molecular weight is 392 g/mol. The molecule has 1 saturated heterocycles. The summed E-state index contributed by atoms with van der Waals surface area (Å²) in [5.41, 5.74) is 0.945. The summed E-state index contributed by atoms with van der Waals surface area (Å²) in [4.78, 5) is 6.83. The molecule has 0 bridgehead atoms. The van der Waals surface area contributed by atoms with Crippen LogP contribution in [0.3, 0.4) is 0 Å². The van der Waals surface area contributed by atoms with E-state index >= 15 is 0 Å². The maximum Gasteiger partial charge on any atom is 0.197 e. The van der Waals surface area contributed by atoms with Gasteiger partial charge in [0.2, 0.25) is 0 Å². The molecule has 1 aliphatic heterocycles. The molecule has 2 fully saturated rings. The lowest BCUT2D eigenvalue weighted by Gasteiger charge is -2.39. The fourth-order valence-corrected chi connectivity index (χ4v) is 4.14. The van der Waals surface area contributed by atoms with Crippen LogP contribution in [0.5, 0.6) is 0 Å². The number of rotatable bonds is 5. The molecular weight excluding hydrogens is 365 g/mol. The molecule has 0 radical (unpaired) electrons. The lowest BCUT2D eigenvalue weighted by molar-refractivity contribution is 0.112. The van der Waals surface area contributed by atoms with Crippen LogP contribution in [0, 0.1) is 5.82 Å². The summed E-state index contributed by atoms with van der Waals surface area (Å²) in [5.74, 6) is 1.89. The minimum absolute atomic E-state index is 0.0113. The first-order chi connectivity index (χ1) is 12.8. The average Bonchev–Trinajstić information content (AvgIpc) is 3.18. The molecular formula is C21H27ClFN3O. The van der Waals surface area contributed by atoms with E-state index in [1.54, 1.807) is 12.1 Å². The normalized spacial score (nSPS) is 23.9. The van der Waals surface area contributed by atoms with Gasteiger partial charge in [0.15, 0.2) is 5.89 Å². The van der Waals surface area contributed by atoms with Gasteiger partial charge in [-0.3, -0.25) is 4.90 Å². The van der Waals surface area contributed by atoms with Crippen molar-refractivity contribution in [1.82, 2.24) is 15.2 Å². The second-order valence-electron chi connectivity index (χ2n) is 8.70. The Morgan fingerprint density at radius 3 is 2.74 bits per heavy atom. The van der Waals surface area contributed by atoms with Gasteiger partial charge >= 0.3 is 0 Å². The van der Waals surface area contributed by atoms with Gasteiger partial charge < -0.3 is 9.73 Å². The molecule has 2 atom stereocenters. The number of aromatic nitrogens is 1. The van der Waals surface area contributed by atoms with E-state index in [1.807, 2.05) is 12.3 Å². The number of halogens is 2. The Kier molecular flexibility index (Phi) is 5.04. The molecule has 0 spiro atoms. The van der Waals surface area contributed by atoms with Gasteiger partial charge in [-0.15, -0.1) is 0 Å². The molecule has 4 nitrogen and oxygen atoms in total. The van der Waals surface area contributed by atoms with Crippen molar-refractivity contribution in [3.63, 3.8) is 0 Å². The van der Waals surface area contributed by atoms with Gasteiger partial charge in [0.1, 0.15) is 11.6 Å². The molecule has 2 unspecified atom stereocenters. The highest BCUT2D eigenvalue weighted by molar-refractivity contribution is 6.30. The van der Waals surface area contributed by atoms with Crippen molar-refractivity contribution in [1.29, 1.82) is 0 Å². The molecule has 2 aromatic rings. The van der Waals surface area contributed by atoms with E-state index in [2.05, 4.69) is 36.0 Å². The smallest absolute Gasteiger partial charge is 0.197 e. The number of nitrogens with zero attached hydrogens (tertiary/aromatic N) is 2. The van der Waals surface area contributed by atoms with Gasteiger partial charge in [0.05, 0.1) is 23.8 Å². The summed E-state index contributed by atoms with van der Waals surface area (Å²) in [7, 11) is 0. The monoisotopic (exact) mass is 391 g/mol. The van der Waals surface area contributed by atoms with E-state index in [0.717, 1.165) is 30.2 Å². The Morgan fingerprint density at radius 1 is 1.30 bits per heavy atom. The first-order valence-electron chi connectivity index (χ1n) is 9.72. The van der Waals surface area contributed by atoms with Crippen LogP contribution in [0.4, 0.5) is 4.39 Å². The van der Waals surface area contributed by atoms with Gasteiger partial charge in [-0.05, 0) is 57.7 Å². The van der Waals surface area contributed by atoms with Gasteiger partial charge in [-0.25, -0.2) is 9.37 Å². The third kappa shape index (κ3) is 4.05. The summed E-state index contributed by atoms with van der Waals surface area (Å²) in [6.45, 7) is 8.20. The number of likely N-dealkylation sites (tertiary alicyclic amines) is 1. The van der Waals surface area contributed by atoms with Gasteiger partial charge in [-0.1, -0.05) is 17.7 Å². The molecule has 4 rings (SSSR count). The van der Waals surface area contributed by atoms with E-state index in [9.17, 15) is 4.39 Å². The maximum atomic E-state index is 14.1. The molecule has 0 amide bonds. The standard InChI is InChI=1S/C21H27ClFN3O/c1-21(2,3)26-9-8-18(19(26)14-6-7-16(22)17(23)10-14)24-11-15-12-25-20(27-15)13-4-5-13/h6-7,10,12-13,18-19,24H,4-5,8-9,11H2,1-3H3. The Bertz CT molecular complexity index is 812. The van der Waals surface area contributed by atoms with Crippen LogP contribution >= 0.6 is 11.6 Å². The van der Waals surface area contributed by atoms with Gasteiger partial charge in [-0.2, -0.15) is 0 Å². The molecule has 1 aromatic heterocycles. The van der Waals surface area contributed by atoms with Crippen LogP contribution in [-0.4, -0.2) is 28.0 Å². The minimum atomic E-state index is -0.363. The summed E-state index contributed by atoms with van der Waals surface area (Å²) < 4.78 is 20.0. The third-order valence-corrected chi connectivity index (χ3v) is 5.89. The number of oxazole rings is 1. The van der Waals surface area contributed by atoms with E-state index < -0.39 is 0 Å². The van der Waals surface area contributed by atoms with Gasteiger partial charge in [0.25, 0.3) is 0 Å². The van der Waals surface area contributed by atoms with E-state index in [0.29, 0.717) is 12.5 Å². The summed E-state index contributed by atoms with van der Waals surface area (Å²) in [6.07, 6.45) is 5.19.